The molecule has 12 nitrogen and oxygen atoms in total. The number of aliphatic hydroxyl groups is 4. The number of benzene rings is 3. The Morgan fingerprint density at radius 1 is 0.633 bits per heavy atom. The molecule has 2 saturated heterocycles. The highest BCUT2D eigenvalue weighted by Gasteiger charge is 2.50. The summed E-state index contributed by atoms with van der Waals surface area (Å²) in [5.41, 5.74) is 2.68. The first-order valence-electron chi connectivity index (χ1n) is 16.5. The van der Waals surface area contributed by atoms with Gasteiger partial charge in [-0.25, -0.2) is 0 Å². The van der Waals surface area contributed by atoms with Crippen LogP contribution >= 0.6 is 0 Å². The Kier molecular flexibility index (Phi) is 13.7. The van der Waals surface area contributed by atoms with Gasteiger partial charge >= 0.3 is 5.97 Å². The van der Waals surface area contributed by atoms with Crippen molar-refractivity contribution < 1.29 is 58.4 Å². The number of hydrogen-bond donors (Lipinski definition) is 4. The molecule has 2 heterocycles. The van der Waals surface area contributed by atoms with Crippen molar-refractivity contribution in [1.29, 1.82) is 0 Å². The van der Waals surface area contributed by atoms with E-state index in [0.717, 1.165) is 16.7 Å². The van der Waals surface area contributed by atoms with Crippen LogP contribution in [-0.4, -0.2) is 101 Å². The molecule has 3 aromatic rings. The van der Waals surface area contributed by atoms with E-state index in [4.69, 9.17) is 33.2 Å². The van der Waals surface area contributed by atoms with Crippen LogP contribution in [0.1, 0.15) is 30.5 Å². The van der Waals surface area contributed by atoms with Crippen molar-refractivity contribution in [3.63, 3.8) is 0 Å². The minimum Gasteiger partial charge on any atom is -0.456 e. The van der Waals surface area contributed by atoms with Crippen LogP contribution in [0.15, 0.2) is 91.0 Å². The molecule has 266 valence electrons. The predicted molar refractivity (Wildman–Crippen MR) is 174 cm³/mol. The van der Waals surface area contributed by atoms with E-state index in [-0.39, 0.29) is 26.4 Å². The molecule has 0 saturated carbocycles. The Bertz CT molecular complexity index is 1390. The molecule has 3 aromatic carbocycles. The molecule has 2 aliphatic rings. The number of hydrogen-bond acceptors (Lipinski definition) is 12. The van der Waals surface area contributed by atoms with E-state index in [9.17, 15) is 25.2 Å². The van der Waals surface area contributed by atoms with E-state index in [0.29, 0.717) is 0 Å². The topological polar surface area (TPSA) is 163 Å². The van der Waals surface area contributed by atoms with Gasteiger partial charge in [-0.15, -0.1) is 0 Å². The lowest BCUT2D eigenvalue weighted by molar-refractivity contribution is -0.338. The van der Waals surface area contributed by atoms with Crippen LogP contribution in [0, 0.1) is 5.92 Å². The molecule has 4 N–H and O–H groups in total. The second kappa shape index (κ2) is 18.1. The van der Waals surface area contributed by atoms with E-state index < -0.39 is 79.9 Å². The molecule has 5 rings (SSSR count). The van der Waals surface area contributed by atoms with Gasteiger partial charge < -0.3 is 53.6 Å². The first kappa shape index (κ1) is 37.0. The minimum atomic E-state index is -1.64. The molecular weight excluding hydrogens is 636 g/mol. The summed E-state index contributed by atoms with van der Waals surface area (Å²) in [6.45, 7) is 2.89. The second-order valence-electron chi connectivity index (χ2n) is 12.4. The highest BCUT2D eigenvalue weighted by molar-refractivity contribution is 5.71. The lowest BCUT2D eigenvalue weighted by Gasteiger charge is -2.45. The van der Waals surface area contributed by atoms with Crippen molar-refractivity contribution in [2.75, 3.05) is 13.2 Å². The maximum absolute atomic E-state index is 12.2. The van der Waals surface area contributed by atoms with Gasteiger partial charge in [0.15, 0.2) is 18.7 Å². The zero-order valence-electron chi connectivity index (χ0n) is 27.6. The lowest BCUT2D eigenvalue weighted by Crippen LogP contribution is -2.63. The van der Waals surface area contributed by atoms with Crippen LogP contribution in [0.5, 0.6) is 0 Å². The van der Waals surface area contributed by atoms with Crippen molar-refractivity contribution >= 4 is 5.97 Å². The van der Waals surface area contributed by atoms with E-state index in [2.05, 4.69) is 0 Å². The summed E-state index contributed by atoms with van der Waals surface area (Å²) in [5, 5.41) is 43.1. The number of carbonyl (C=O) groups excluding carboxylic acids is 1. The molecule has 49 heavy (non-hydrogen) atoms. The monoisotopic (exact) mass is 682 g/mol. The predicted octanol–water partition coefficient (Wildman–Crippen LogP) is 2.48. The summed E-state index contributed by atoms with van der Waals surface area (Å²) in [5.74, 6) is -1.12. The van der Waals surface area contributed by atoms with Crippen molar-refractivity contribution in [2.24, 2.45) is 5.92 Å². The maximum Gasteiger partial charge on any atom is 0.308 e. The van der Waals surface area contributed by atoms with Gasteiger partial charge in [0.1, 0.15) is 42.7 Å². The van der Waals surface area contributed by atoms with Gasteiger partial charge in [-0.3, -0.25) is 4.79 Å². The zero-order chi connectivity index (χ0) is 34.8. The molecule has 2 fully saturated rings. The third-order valence-electron chi connectivity index (χ3n) is 8.43. The van der Waals surface area contributed by atoms with Gasteiger partial charge in [-0.05, 0) is 16.7 Å². The third-order valence-corrected chi connectivity index (χ3v) is 8.43. The molecule has 10 atom stereocenters. The highest BCUT2D eigenvalue weighted by atomic mass is 16.7. The van der Waals surface area contributed by atoms with Crippen molar-refractivity contribution in [3.8, 4) is 0 Å². The van der Waals surface area contributed by atoms with Crippen molar-refractivity contribution in [2.45, 2.75) is 95.1 Å². The zero-order valence-corrected chi connectivity index (χ0v) is 27.6. The molecular formula is C37H46O12. The molecule has 0 bridgehead atoms. The summed E-state index contributed by atoms with van der Waals surface area (Å²) >= 11 is 0. The summed E-state index contributed by atoms with van der Waals surface area (Å²) < 4.78 is 42.3. The molecule has 2 aliphatic heterocycles. The minimum absolute atomic E-state index is 0.175. The van der Waals surface area contributed by atoms with Gasteiger partial charge in [-0.1, -0.05) is 105 Å². The number of rotatable bonds is 15. The number of carbonyl (C=O) groups is 1. The Morgan fingerprint density at radius 2 is 1.12 bits per heavy atom. The third kappa shape index (κ3) is 9.92. The SMILES string of the molecule is CC(C)C(=O)O[C@@H]1C(CO)O[C@@H](OCC2O[C@H](O)C(OCc3ccccc3)C(OCc3ccccc3)[C@@H]2OCc2ccccc2)C(O)C1O. The average Bonchev–Trinajstić information content (AvgIpc) is 3.12. The summed E-state index contributed by atoms with van der Waals surface area (Å²) in [6, 6.07) is 28.6. The fourth-order valence-corrected chi connectivity index (χ4v) is 5.69. The first-order chi connectivity index (χ1) is 23.7. The first-order valence-corrected chi connectivity index (χ1v) is 16.5. The van der Waals surface area contributed by atoms with Crippen LogP contribution in [0.2, 0.25) is 0 Å². The molecule has 0 aliphatic carbocycles. The van der Waals surface area contributed by atoms with E-state index in [1.165, 1.54) is 0 Å². The van der Waals surface area contributed by atoms with Crippen molar-refractivity contribution in [3.05, 3.63) is 108 Å². The van der Waals surface area contributed by atoms with E-state index in [1.807, 2.05) is 91.0 Å². The van der Waals surface area contributed by atoms with Crippen LogP contribution in [0.25, 0.3) is 0 Å². The summed E-state index contributed by atoms with van der Waals surface area (Å²) in [7, 11) is 0. The van der Waals surface area contributed by atoms with E-state index >= 15 is 0 Å². The van der Waals surface area contributed by atoms with Gasteiger partial charge in [0.25, 0.3) is 0 Å². The standard InChI is InChI=1S/C37H46O12/c1-23(2)35(41)49-31-27(18-38)48-37(30(40)29(31)39)46-22-28-32(43-19-24-12-6-3-7-13-24)33(44-20-25-14-8-4-9-15-25)34(36(42)47-28)45-21-26-16-10-5-11-17-26/h3-17,23,27-34,36-40,42H,18-22H2,1-2H3/t27?,28?,29?,30?,31-,32-,33?,34?,36+,37-/m1/s1. The molecule has 6 unspecified atom stereocenters. The normalized spacial score (nSPS) is 30.3. The number of esters is 1. The maximum atomic E-state index is 12.2. The molecule has 0 radical (unpaired) electrons. The Morgan fingerprint density at radius 3 is 1.61 bits per heavy atom. The van der Waals surface area contributed by atoms with E-state index in [1.54, 1.807) is 13.8 Å². The molecule has 0 amide bonds. The Balaban J connectivity index is 1.36. The lowest BCUT2D eigenvalue weighted by atomic mass is 9.97. The van der Waals surface area contributed by atoms with Gasteiger partial charge in [-0.2, -0.15) is 0 Å². The van der Waals surface area contributed by atoms with Crippen LogP contribution in [0.3, 0.4) is 0 Å². The number of aliphatic hydroxyl groups excluding tert-OH is 4. The second-order valence-corrected chi connectivity index (χ2v) is 12.4. The Labute approximate surface area is 286 Å². The van der Waals surface area contributed by atoms with Gasteiger partial charge in [0.2, 0.25) is 0 Å². The number of ether oxygens (including phenoxy) is 7. The Hall–Kier alpha value is -3.27. The molecule has 12 heteroatoms. The fourth-order valence-electron chi connectivity index (χ4n) is 5.69. The summed E-state index contributed by atoms with van der Waals surface area (Å²) in [6.07, 6.45) is -12.3. The van der Waals surface area contributed by atoms with Gasteiger partial charge in [0, 0.05) is 0 Å². The van der Waals surface area contributed by atoms with Crippen molar-refractivity contribution in [1.82, 2.24) is 0 Å². The average molecular weight is 683 g/mol. The molecule has 0 spiro atoms. The highest BCUT2D eigenvalue weighted by Crippen LogP contribution is 2.31. The quantitative estimate of drug-likeness (QED) is 0.174. The van der Waals surface area contributed by atoms with Gasteiger partial charge in [0.05, 0.1) is 39.0 Å². The van der Waals surface area contributed by atoms with Crippen LogP contribution < -0.4 is 0 Å². The largest absolute Gasteiger partial charge is 0.456 e. The smallest absolute Gasteiger partial charge is 0.308 e. The fraction of sp³-hybridized carbons (Fsp3) is 0.486. The molecule has 0 aromatic heterocycles. The summed E-state index contributed by atoms with van der Waals surface area (Å²) in [4.78, 5) is 12.2. The van der Waals surface area contributed by atoms with Crippen LogP contribution in [0.4, 0.5) is 0 Å². The van der Waals surface area contributed by atoms with Crippen LogP contribution in [-0.2, 0) is 57.8 Å².